The lowest BCUT2D eigenvalue weighted by Gasteiger charge is -2.31. The van der Waals surface area contributed by atoms with Gasteiger partial charge in [0.2, 0.25) is 0 Å². The maximum Gasteiger partial charge on any atom is 0.155 e. The Labute approximate surface area is 118 Å². The topological polar surface area (TPSA) is 46.2 Å². The van der Waals surface area contributed by atoms with Gasteiger partial charge in [-0.1, -0.05) is 13.3 Å². The minimum Gasteiger partial charge on any atom is -0.309 e. The van der Waals surface area contributed by atoms with Crippen molar-refractivity contribution in [3.8, 4) is 0 Å². The zero-order valence-electron chi connectivity index (χ0n) is 11.4. The molecule has 0 spiro atoms. The van der Waals surface area contributed by atoms with Gasteiger partial charge in [-0.3, -0.25) is 0 Å². The van der Waals surface area contributed by atoms with Crippen LogP contribution in [0.1, 0.15) is 37.8 Å². The molecule has 0 saturated carbocycles. The lowest BCUT2D eigenvalue weighted by molar-refractivity contribution is 0.437. The Morgan fingerprint density at radius 2 is 2.10 bits per heavy atom. The third-order valence-electron chi connectivity index (χ3n) is 3.72. The molecular weight excluding hydrogens is 284 g/mol. The van der Waals surface area contributed by atoms with Crippen molar-refractivity contribution >= 4 is 9.84 Å². The van der Waals surface area contributed by atoms with Gasteiger partial charge in [-0.15, -0.1) is 0 Å². The largest absolute Gasteiger partial charge is 0.309 e. The number of hydrogen-bond acceptors (Lipinski definition) is 3. The first kappa shape index (κ1) is 15.4. The third kappa shape index (κ3) is 3.17. The highest BCUT2D eigenvalue weighted by Gasteiger charge is 2.37. The van der Waals surface area contributed by atoms with Crippen molar-refractivity contribution in [3.05, 3.63) is 35.4 Å². The van der Waals surface area contributed by atoms with E-state index in [2.05, 4.69) is 5.32 Å². The van der Waals surface area contributed by atoms with E-state index in [1.807, 2.05) is 6.92 Å². The summed E-state index contributed by atoms with van der Waals surface area (Å²) >= 11 is 0. The quantitative estimate of drug-likeness (QED) is 0.930. The highest BCUT2D eigenvalue weighted by molar-refractivity contribution is 7.92. The second-order valence-electron chi connectivity index (χ2n) is 5.10. The molecule has 1 fully saturated rings. The van der Waals surface area contributed by atoms with Crippen LogP contribution in [0.4, 0.5) is 8.78 Å². The molecule has 0 amide bonds. The summed E-state index contributed by atoms with van der Waals surface area (Å²) in [7, 11) is -3.27. The van der Waals surface area contributed by atoms with Gasteiger partial charge in [0.05, 0.1) is 17.0 Å². The fourth-order valence-corrected chi connectivity index (χ4v) is 4.86. The normalized spacial score (nSPS) is 23.4. The van der Waals surface area contributed by atoms with Crippen LogP contribution in [0, 0.1) is 11.6 Å². The Hall–Kier alpha value is -1.01. The number of sulfone groups is 1. The first-order valence-corrected chi connectivity index (χ1v) is 8.57. The number of benzene rings is 1. The Morgan fingerprint density at radius 3 is 2.75 bits per heavy atom. The van der Waals surface area contributed by atoms with Crippen LogP contribution in [0.3, 0.4) is 0 Å². The van der Waals surface area contributed by atoms with Gasteiger partial charge in [0.25, 0.3) is 0 Å². The molecule has 1 saturated heterocycles. The van der Waals surface area contributed by atoms with E-state index in [0.717, 1.165) is 24.6 Å². The Morgan fingerprint density at radius 1 is 1.35 bits per heavy atom. The van der Waals surface area contributed by atoms with Gasteiger partial charge in [0, 0.05) is 5.56 Å². The Bertz CT molecular complexity index is 575. The number of hydrogen-bond donors (Lipinski definition) is 1. The van der Waals surface area contributed by atoms with Crippen LogP contribution in [-0.2, 0) is 9.84 Å². The second-order valence-corrected chi connectivity index (χ2v) is 7.44. The van der Waals surface area contributed by atoms with E-state index in [1.165, 1.54) is 0 Å². The van der Waals surface area contributed by atoms with Crippen LogP contribution in [0.2, 0.25) is 0 Å². The van der Waals surface area contributed by atoms with E-state index in [9.17, 15) is 17.2 Å². The molecule has 2 atom stereocenters. The fourth-order valence-electron chi connectivity index (χ4n) is 2.77. The summed E-state index contributed by atoms with van der Waals surface area (Å²) in [6.07, 6.45) is 1.92. The molecule has 2 rings (SSSR count). The lowest BCUT2D eigenvalue weighted by Crippen LogP contribution is -2.41. The minimum atomic E-state index is -3.27. The van der Waals surface area contributed by atoms with Crippen LogP contribution in [0.5, 0.6) is 0 Å². The molecule has 1 aromatic rings. The van der Waals surface area contributed by atoms with Crippen molar-refractivity contribution in [2.45, 2.75) is 37.5 Å². The third-order valence-corrected chi connectivity index (χ3v) is 6.01. The smallest absolute Gasteiger partial charge is 0.155 e. The molecule has 20 heavy (non-hydrogen) atoms. The summed E-state index contributed by atoms with van der Waals surface area (Å²) in [5.74, 6) is -1.01. The SMILES string of the molecule is CCNC(c1cc(F)ccc1F)C1CCCCS1(=O)=O. The first-order chi connectivity index (χ1) is 9.45. The van der Waals surface area contributed by atoms with E-state index < -0.39 is 32.8 Å². The van der Waals surface area contributed by atoms with Crippen LogP contribution in [0.25, 0.3) is 0 Å². The highest BCUT2D eigenvalue weighted by atomic mass is 32.2. The first-order valence-electron chi connectivity index (χ1n) is 6.85. The maximum atomic E-state index is 13.9. The Kier molecular flexibility index (Phi) is 4.75. The maximum absolute atomic E-state index is 13.9. The molecule has 112 valence electrons. The summed E-state index contributed by atoms with van der Waals surface area (Å²) in [5.41, 5.74) is 0.0994. The molecule has 0 aliphatic carbocycles. The minimum absolute atomic E-state index is 0.0994. The summed E-state index contributed by atoms with van der Waals surface area (Å²) in [4.78, 5) is 0. The summed E-state index contributed by atoms with van der Waals surface area (Å²) in [5, 5.41) is 2.32. The van der Waals surface area contributed by atoms with E-state index >= 15 is 0 Å². The van der Waals surface area contributed by atoms with Crippen molar-refractivity contribution in [3.63, 3.8) is 0 Å². The molecule has 3 nitrogen and oxygen atoms in total. The summed E-state index contributed by atoms with van der Waals surface area (Å²) < 4.78 is 51.7. The second kappa shape index (κ2) is 6.18. The molecule has 2 unspecified atom stereocenters. The average Bonchev–Trinajstić information content (AvgIpc) is 2.39. The van der Waals surface area contributed by atoms with E-state index in [-0.39, 0.29) is 11.3 Å². The van der Waals surface area contributed by atoms with Crippen LogP contribution in [0.15, 0.2) is 18.2 Å². The molecule has 1 heterocycles. The predicted octanol–water partition coefficient (Wildman–Crippen LogP) is 2.58. The molecular formula is C14H19F2NO2S. The van der Waals surface area contributed by atoms with Crippen molar-refractivity contribution in [1.82, 2.24) is 5.32 Å². The molecule has 0 aromatic heterocycles. The predicted molar refractivity (Wildman–Crippen MR) is 74.2 cm³/mol. The van der Waals surface area contributed by atoms with E-state index in [1.54, 1.807) is 0 Å². The van der Waals surface area contributed by atoms with Gasteiger partial charge >= 0.3 is 0 Å². The molecule has 0 bridgehead atoms. The zero-order valence-corrected chi connectivity index (χ0v) is 12.2. The van der Waals surface area contributed by atoms with Gasteiger partial charge in [-0.25, -0.2) is 17.2 Å². The fraction of sp³-hybridized carbons (Fsp3) is 0.571. The van der Waals surface area contributed by atoms with E-state index in [0.29, 0.717) is 19.4 Å². The van der Waals surface area contributed by atoms with Gasteiger partial charge in [-0.05, 0) is 37.6 Å². The van der Waals surface area contributed by atoms with Gasteiger partial charge in [-0.2, -0.15) is 0 Å². The van der Waals surface area contributed by atoms with Crippen molar-refractivity contribution in [2.24, 2.45) is 0 Å². The molecule has 1 N–H and O–H groups in total. The standard InChI is InChI=1S/C14H19F2NO2S/c1-2-17-14(11-9-10(15)6-7-12(11)16)13-5-3-4-8-20(13,18)19/h6-7,9,13-14,17H,2-5,8H2,1H3. The van der Waals surface area contributed by atoms with Crippen LogP contribution < -0.4 is 5.32 Å². The molecule has 0 radical (unpaired) electrons. The van der Waals surface area contributed by atoms with E-state index in [4.69, 9.17) is 0 Å². The van der Waals surface area contributed by atoms with Crippen molar-refractivity contribution in [2.75, 3.05) is 12.3 Å². The molecule has 6 heteroatoms. The lowest BCUT2D eigenvalue weighted by atomic mass is 9.98. The molecule has 1 aromatic carbocycles. The monoisotopic (exact) mass is 303 g/mol. The van der Waals surface area contributed by atoms with Crippen LogP contribution >= 0.6 is 0 Å². The number of rotatable bonds is 4. The molecule has 1 aliphatic heterocycles. The number of nitrogens with one attached hydrogen (secondary N) is 1. The average molecular weight is 303 g/mol. The Balaban J connectivity index is 2.42. The number of halogens is 2. The van der Waals surface area contributed by atoms with Gasteiger partial charge < -0.3 is 5.32 Å². The summed E-state index contributed by atoms with van der Waals surface area (Å²) in [6.45, 7) is 2.31. The van der Waals surface area contributed by atoms with Crippen molar-refractivity contribution in [1.29, 1.82) is 0 Å². The van der Waals surface area contributed by atoms with Gasteiger partial charge in [0.1, 0.15) is 11.6 Å². The highest BCUT2D eigenvalue weighted by Crippen LogP contribution is 2.32. The van der Waals surface area contributed by atoms with Crippen LogP contribution in [-0.4, -0.2) is 26.0 Å². The molecule has 1 aliphatic rings. The zero-order chi connectivity index (χ0) is 14.8. The van der Waals surface area contributed by atoms with Gasteiger partial charge in [0.15, 0.2) is 9.84 Å². The van der Waals surface area contributed by atoms with Crippen molar-refractivity contribution < 1.29 is 17.2 Å². The summed E-state index contributed by atoms with van der Waals surface area (Å²) in [6, 6.07) is 2.48.